The van der Waals surface area contributed by atoms with E-state index in [0.29, 0.717) is 17.3 Å². The molecule has 1 amide bonds. The Morgan fingerprint density at radius 2 is 2.04 bits per heavy atom. The molecule has 27 heavy (non-hydrogen) atoms. The summed E-state index contributed by atoms with van der Waals surface area (Å²) in [7, 11) is 0. The Hall–Kier alpha value is -3.35. The van der Waals surface area contributed by atoms with Crippen molar-refractivity contribution in [1.29, 1.82) is 0 Å². The highest BCUT2D eigenvalue weighted by Crippen LogP contribution is 2.33. The number of pyridine rings is 2. The van der Waals surface area contributed by atoms with Crippen molar-refractivity contribution < 1.29 is 4.79 Å². The lowest BCUT2D eigenvalue weighted by Crippen LogP contribution is -2.31. The van der Waals surface area contributed by atoms with Crippen molar-refractivity contribution in [2.45, 2.75) is 25.8 Å². The summed E-state index contributed by atoms with van der Waals surface area (Å²) in [4.78, 5) is 31.9. The van der Waals surface area contributed by atoms with Crippen LogP contribution in [0.1, 0.15) is 40.6 Å². The average Bonchev–Trinajstić information content (AvgIpc) is 3.18. The molecule has 7 heteroatoms. The third-order valence-corrected chi connectivity index (χ3v) is 4.61. The lowest BCUT2D eigenvalue weighted by atomic mass is 10.1. The first-order valence-electron chi connectivity index (χ1n) is 8.94. The van der Waals surface area contributed by atoms with Crippen LogP contribution < -0.4 is 5.32 Å². The molecule has 1 N–H and O–H groups in total. The van der Waals surface area contributed by atoms with Gasteiger partial charge < -0.3 is 10.2 Å². The predicted octanol–water partition coefficient (Wildman–Crippen LogP) is 3.30. The standard InChI is InChI=1S/C20H20N6O/c1-14-4-2-5-16(24-14)20(27)26-11-3-6-17(26)15-7-8-22-18(12-15)25-19-13-21-9-10-23-19/h2,4-5,7-10,12-13,17H,3,6,11H2,1H3,(H,22,23,25)/t17-/m0/s1. The molecule has 0 unspecified atom stereocenters. The summed E-state index contributed by atoms with van der Waals surface area (Å²) in [6.07, 6.45) is 8.53. The number of likely N-dealkylation sites (tertiary alicyclic amines) is 1. The fraction of sp³-hybridized carbons (Fsp3) is 0.250. The summed E-state index contributed by atoms with van der Waals surface area (Å²) in [6.45, 7) is 2.62. The van der Waals surface area contributed by atoms with Crippen LogP contribution in [0.3, 0.4) is 0 Å². The van der Waals surface area contributed by atoms with E-state index in [1.807, 2.05) is 36.1 Å². The lowest BCUT2D eigenvalue weighted by Gasteiger charge is -2.25. The number of aryl methyl sites for hydroxylation is 1. The molecule has 7 nitrogen and oxygen atoms in total. The Bertz CT molecular complexity index is 946. The summed E-state index contributed by atoms with van der Waals surface area (Å²) < 4.78 is 0. The molecule has 0 saturated carbocycles. The molecule has 1 atom stereocenters. The van der Waals surface area contributed by atoms with E-state index in [1.165, 1.54) is 0 Å². The Kier molecular flexibility index (Phi) is 4.74. The van der Waals surface area contributed by atoms with Gasteiger partial charge in [-0.05, 0) is 49.6 Å². The number of nitrogens with one attached hydrogen (secondary N) is 1. The number of aromatic nitrogens is 4. The molecular formula is C20H20N6O. The van der Waals surface area contributed by atoms with Crippen LogP contribution in [-0.4, -0.2) is 37.3 Å². The largest absolute Gasteiger partial charge is 0.330 e. The maximum absolute atomic E-state index is 13.0. The van der Waals surface area contributed by atoms with Gasteiger partial charge in [0.2, 0.25) is 0 Å². The molecule has 136 valence electrons. The minimum atomic E-state index is -0.0264. The average molecular weight is 360 g/mol. The number of carbonyl (C=O) groups excluding carboxylic acids is 1. The van der Waals surface area contributed by atoms with Gasteiger partial charge in [0.1, 0.15) is 17.3 Å². The third-order valence-electron chi connectivity index (χ3n) is 4.61. The molecule has 4 heterocycles. The summed E-state index contributed by atoms with van der Waals surface area (Å²) in [5.74, 6) is 1.29. The monoisotopic (exact) mass is 360 g/mol. The predicted molar refractivity (Wildman–Crippen MR) is 102 cm³/mol. The molecule has 1 aliphatic heterocycles. The molecule has 3 aromatic rings. The van der Waals surface area contributed by atoms with E-state index in [1.54, 1.807) is 30.9 Å². The number of amides is 1. The van der Waals surface area contributed by atoms with E-state index in [4.69, 9.17) is 0 Å². The van der Waals surface area contributed by atoms with Crippen molar-refractivity contribution >= 4 is 17.5 Å². The van der Waals surface area contributed by atoms with Crippen molar-refractivity contribution in [2.24, 2.45) is 0 Å². The summed E-state index contributed by atoms with van der Waals surface area (Å²) in [6, 6.07) is 9.49. The zero-order valence-corrected chi connectivity index (χ0v) is 15.0. The Labute approximate surface area is 157 Å². The second kappa shape index (κ2) is 7.49. The van der Waals surface area contributed by atoms with E-state index in [2.05, 4.69) is 25.3 Å². The molecule has 0 aromatic carbocycles. The Balaban J connectivity index is 1.57. The van der Waals surface area contributed by atoms with Gasteiger partial charge in [0.15, 0.2) is 0 Å². The van der Waals surface area contributed by atoms with Crippen molar-refractivity contribution in [3.05, 3.63) is 72.1 Å². The van der Waals surface area contributed by atoms with E-state index < -0.39 is 0 Å². The van der Waals surface area contributed by atoms with Crippen LogP contribution in [0, 0.1) is 6.92 Å². The van der Waals surface area contributed by atoms with E-state index in [9.17, 15) is 4.79 Å². The van der Waals surface area contributed by atoms with Crippen molar-refractivity contribution in [3.63, 3.8) is 0 Å². The van der Waals surface area contributed by atoms with Crippen molar-refractivity contribution in [3.8, 4) is 0 Å². The third kappa shape index (κ3) is 3.76. The van der Waals surface area contributed by atoms with Crippen LogP contribution in [0.2, 0.25) is 0 Å². The second-order valence-electron chi connectivity index (χ2n) is 6.51. The molecular weight excluding hydrogens is 340 g/mol. The molecule has 1 fully saturated rings. The number of hydrogen-bond donors (Lipinski definition) is 1. The molecule has 4 rings (SSSR count). The lowest BCUT2D eigenvalue weighted by molar-refractivity contribution is 0.0729. The fourth-order valence-corrected chi connectivity index (χ4v) is 3.38. The maximum atomic E-state index is 13.0. The van der Waals surface area contributed by atoms with Crippen LogP contribution in [-0.2, 0) is 0 Å². The number of anilines is 2. The molecule has 0 bridgehead atoms. The van der Waals surface area contributed by atoms with Crippen LogP contribution in [0.5, 0.6) is 0 Å². The minimum absolute atomic E-state index is 0.0187. The first kappa shape index (κ1) is 17.1. The summed E-state index contributed by atoms with van der Waals surface area (Å²) in [5.41, 5.74) is 2.39. The second-order valence-corrected chi connectivity index (χ2v) is 6.51. The molecule has 3 aromatic heterocycles. The topological polar surface area (TPSA) is 83.9 Å². The number of rotatable bonds is 4. The first-order chi connectivity index (χ1) is 13.2. The van der Waals surface area contributed by atoms with Gasteiger partial charge in [-0.3, -0.25) is 9.78 Å². The first-order valence-corrected chi connectivity index (χ1v) is 8.94. The highest BCUT2D eigenvalue weighted by Gasteiger charge is 2.31. The van der Waals surface area contributed by atoms with Gasteiger partial charge >= 0.3 is 0 Å². The van der Waals surface area contributed by atoms with Crippen molar-refractivity contribution in [1.82, 2.24) is 24.8 Å². The molecule has 1 aliphatic rings. The maximum Gasteiger partial charge on any atom is 0.272 e. The van der Waals surface area contributed by atoms with Gasteiger partial charge in [-0.15, -0.1) is 0 Å². The zero-order valence-electron chi connectivity index (χ0n) is 15.0. The normalized spacial score (nSPS) is 16.3. The van der Waals surface area contributed by atoms with E-state index in [0.717, 1.165) is 30.6 Å². The smallest absolute Gasteiger partial charge is 0.272 e. The summed E-state index contributed by atoms with van der Waals surface area (Å²) >= 11 is 0. The van der Waals surface area contributed by atoms with Gasteiger partial charge in [0.25, 0.3) is 5.91 Å². The van der Waals surface area contributed by atoms with Gasteiger partial charge in [-0.2, -0.15) is 0 Å². The minimum Gasteiger partial charge on any atom is -0.330 e. The number of hydrogen-bond acceptors (Lipinski definition) is 6. The molecule has 0 aliphatic carbocycles. The summed E-state index contributed by atoms with van der Waals surface area (Å²) in [5, 5.41) is 3.15. The highest BCUT2D eigenvalue weighted by molar-refractivity contribution is 5.92. The highest BCUT2D eigenvalue weighted by atomic mass is 16.2. The van der Waals surface area contributed by atoms with Crippen LogP contribution in [0.15, 0.2) is 55.1 Å². The van der Waals surface area contributed by atoms with Crippen LogP contribution >= 0.6 is 0 Å². The fourth-order valence-electron chi connectivity index (χ4n) is 3.38. The quantitative estimate of drug-likeness (QED) is 0.768. The van der Waals surface area contributed by atoms with Crippen molar-refractivity contribution in [2.75, 3.05) is 11.9 Å². The van der Waals surface area contributed by atoms with E-state index in [-0.39, 0.29) is 11.9 Å². The molecule has 0 radical (unpaired) electrons. The number of nitrogens with zero attached hydrogens (tertiary/aromatic N) is 5. The van der Waals surface area contributed by atoms with Crippen LogP contribution in [0.4, 0.5) is 11.6 Å². The van der Waals surface area contributed by atoms with Gasteiger partial charge in [-0.25, -0.2) is 15.0 Å². The zero-order chi connectivity index (χ0) is 18.6. The Morgan fingerprint density at radius 1 is 1.15 bits per heavy atom. The van der Waals surface area contributed by atoms with E-state index >= 15 is 0 Å². The van der Waals surface area contributed by atoms with Crippen LogP contribution in [0.25, 0.3) is 0 Å². The van der Waals surface area contributed by atoms with Gasteiger partial charge in [0, 0.05) is 30.8 Å². The Morgan fingerprint density at radius 3 is 2.85 bits per heavy atom. The molecule has 1 saturated heterocycles. The van der Waals surface area contributed by atoms with Gasteiger partial charge in [0.05, 0.1) is 12.2 Å². The molecule has 0 spiro atoms. The SMILES string of the molecule is Cc1cccc(C(=O)N2CCC[C@H]2c2ccnc(Nc3cnccn3)c2)n1. The number of carbonyl (C=O) groups is 1. The van der Waals surface area contributed by atoms with Gasteiger partial charge in [-0.1, -0.05) is 6.07 Å².